The number of rotatable bonds is 5. The summed E-state index contributed by atoms with van der Waals surface area (Å²) in [5.74, 6) is 0.942. The van der Waals surface area contributed by atoms with E-state index in [0.717, 1.165) is 17.9 Å². The lowest BCUT2D eigenvalue weighted by atomic mass is 9.94. The van der Waals surface area contributed by atoms with E-state index in [1.54, 1.807) is 7.11 Å². The Hall–Kier alpha value is -1.87. The Bertz CT molecular complexity index is 567. The molecule has 2 aromatic rings. The van der Waals surface area contributed by atoms with Crippen molar-refractivity contribution in [3.63, 3.8) is 0 Å². The molecule has 1 aromatic carbocycles. The number of nitrogens with zero attached hydrogens (tertiary/aromatic N) is 1. The van der Waals surface area contributed by atoms with Crippen LogP contribution in [0.1, 0.15) is 28.4 Å². The van der Waals surface area contributed by atoms with Crippen molar-refractivity contribution in [2.45, 2.75) is 26.3 Å². The topological polar surface area (TPSA) is 34.2 Å². The second kappa shape index (κ2) is 6.53. The highest BCUT2D eigenvalue weighted by atomic mass is 16.5. The first-order valence-corrected chi connectivity index (χ1v) is 6.88. The molecule has 0 radical (unpaired) electrons. The fraction of sp³-hybridized carbons (Fsp3) is 0.353. The SMILES string of the molecule is CNC(Cc1ccccn1)c1c(C)cc(C)cc1OC. The number of hydrogen-bond donors (Lipinski definition) is 1. The Morgan fingerprint density at radius 3 is 2.65 bits per heavy atom. The summed E-state index contributed by atoms with van der Waals surface area (Å²) in [6.45, 7) is 4.22. The molecular weight excluding hydrogens is 248 g/mol. The van der Waals surface area contributed by atoms with Gasteiger partial charge >= 0.3 is 0 Å². The third kappa shape index (κ3) is 3.17. The van der Waals surface area contributed by atoms with E-state index in [1.165, 1.54) is 16.7 Å². The number of methoxy groups -OCH3 is 1. The van der Waals surface area contributed by atoms with Crippen molar-refractivity contribution in [3.05, 3.63) is 58.9 Å². The molecule has 1 aromatic heterocycles. The van der Waals surface area contributed by atoms with Gasteiger partial charge in [-0.3, -0.25) is 4.98 Å². The van der Waals surface area contributed by atoms with E-state index >= 15 is 0 Å². The molecule has 0 aliphatic carbocycles. The van der Waals surface area contributed by atoms with Crippen molar-refractivity contribution in [3.8, 4) is 5.75 Å². The second-order valence-electron chi connectivity index (χ2n) is 5.06. The number of benzene rings is 1. The molecule has 1 N–H and O–H groups in total. The van der Waals surface area contributed by atoms with Crippen LogP contribution < -0.4 is 10.1 Å². The summed E-state index contributed by atoms with van der Waals surface area (Å²) in [5.41, 5.74) is 4.76. The number of nitrogens with one attached hydrogen (secondary N) is 1. The molecule has 0 saturated heterocycles. The van der Waals surface area contributed by atoms with Gasteiger partial charge in [0.15, 0.2) is 0 Å². The molecule has 0 aliphatic heterocycles. The summed E-state index contributed by atoms with van der Waals surface area (Å²) < 4.78 is 5.57. The van der Waals surface area contributed by atoms with Crippen LogP contribution in [0.15, 0.2) is 36.5 Å². The average molecular weight is 270 g/mol. The van der Waals surface area contributed by atoms with E-state index in [2.05, 4.69) is 42.3 Å². The van der Waals surface area contributed by atoms with E-state index < -0.39 is 0 Å². The summed E-state index contributed by atoms with van der Waals surface area (Å²) in [6.07, 6.45) is 2.68. The lowest BCUT2D eigenvalue weighted by Gasteiger charge is -2.22. The molecule has 0 bridgehead atoms. The number of aryl methyl sites for hydroxylation is 2. The van der Waals surface area contributed by atoms with Gasteiger partial charge in [-0.25, -0.2) is 0 Å². The molecule has 1 unspecified atom stereocenters. The highest BCUT2D eigenvalue weighted by molar-refractivity contribution is 5.45. The zero-order valence-corrected chi connectivity index (χ0v) is 12.6. The maximum absolute atomic E-state index is 5.57. The van der Waals surface area contributed by atoms with Crippen molar-refractivity contribution >= 4 is 0 Å². The highest BCUT2D eigenvalue weighted by Crippen LogP contribution is 2.31. The Morgan fingerprint density at radius 1 is 1.25 bits per heavy atom. The fourth-order valence-corrected chi connectivity index (χ4v) is 2.63. The minimum atomic E-state index is 0.195. The molecule has 1 heterocycles. The monoisotopic (exact) mass is 270 g/mol. The number of likely N-dealkylation sites (N-methyl/N-ethyl adjacent to an activating group) is 1. The van der Waals surface area contributed by atoms with Crippen molar-refractivity contribution in [2.75, 3.05) is 14.2 Å². The summed E-state index contributed by atoms with van der Waals surface area (Å²) in [7, 11) is 3.71. The van der Waals surface area contributed by atoms with Crippen LogP contribution in [-0.4, -0.2) is 19.1 Å². The van der Waals surface area contributed by atoms with Crippen LogP contribution in [0.25, 0.3) is 0 Å². The Labute approximate surface area is 121 Å². The molecule has 0 fully saturated rings. The lowest BCUT2D eigenvalue weighted by molar-refractivity contribution is 0.400. The largest absolute Gasteiger partial charge is 0.496 e. The van der Waals surface area contributed by atoms with Crippen LogP contribution in [0, 0.1) is 13.8 Å². The standard InChI is InChI=1S/C17H22N2O/c1-12-9-13(2)17(16(10-12)20-4)15(18-3)11-14-7-5-6-8-19-14/h5-10,15,18H,11H2,1-4H3. The predicted octanol–water partition coefficient (Wildman–Crippen LogP) is 3.21. The number of pyridine rings is 1. The Kier molecular flexibility index (Phi) is 4.74. The molecule has 20 heavy (non-hydrogen) atoms. The fourth-order valence-electron chi connectivity index (χ4n) is 2.63. The van der Waals surface area contributed by atoms with Crippen molar-refractivity contribution in [1.82, 2.24) is 10.3 Å². The van der Waals surface area contributed by atoms with E-state index in [4.69, 9.17) is 4.74 Å². The van der Waals surface area contributed by atoms with Gasteiger partial charge in [-0.2, -0.15) is 0 Å². The number of hydrogen-bond acceptors (Lipinski definition) is 3. The zero-order chi connectivity index (χ0) is 14.5. The zero-order valence-electron chi connectivity index (χ0n) is 12.6. The third-order valence-electron chi connectivity index (χ3n) is 3.55. The van der Waals surface area contributed by atoms with E-state index in [-0.39, 0.29) is 6.04 Å². The van der Waals surface area contributed by atoms with E-state index in [1.807, 2.05) is 25.4 Å². The van der Waals surface area contributed by atoms with Gasteiger partial charge in [-0.05, 0) is 50.2 Å². The maximum atomic E-state index is 5.57. The first-order valence-electron chi connectivity index (χ1n) is 6.88. The average Bonchev–Trinajstić information content (AvgIpc) is 2.45. The first-order chi connectivity index (χ1) is 9.65. The molecule has 3 heteroatoms. The molecule has 0 spiro atoms. The third-order valence-corrected chi connectivity index (χ3v) is 3.55. The quantitative estimate of drug-likeness (QED) is 0.906. The van der Waals surface area contributed by atoms with Gasteiger partial charge in [0.05, 0.1) is 7.11 Å². The maximum Gasteiger partial charge on any atom is 0.124 e. The molecule has 1 atom stereocenters. The molecule has 2 rings (SSSR count). The Morgan fingerprint density at radius 2 is 2.05 bits per heavy atom. The Balaban J connectivity index is 2.37. The van der Waals surface area contributed by atoms with Gasteiger partial charge in [0, 0.05) is 29.9 Å². The van der Waals surface area contributed by atoms with E-state index in [0.29, 0.717) is 0 Å². The normalized spacial score (nSPS) is 12.2. The predicted molar refractivity (Wildman–Crippen MR) is 82.2 cm³/mol. The molecule has 106 valence electrons. The van der Waals surface area contributed by atoms with Gasteiger partial charge in [0.1, 0.15) is 5.75 Å². The van der Waals surface area contributed by atoms with Crippen LogP contribution in [0.5, 0.6) is 5.75 Å². The van der Waals surface area contributed by atoms with Gasteiger partial charge in [-0.1, -0.05) is 12.1 Å². The summed E-state index contributed by atoms with van der Waals surface area (Å²) in [6, 6.07) is 10.5. The number of aromatic nitrogens is 1. The smallest absolute Gasteiger partial charge is 0.124 e. The van der Waals surface area contributed by atoms with Gasteiger partial charge in [0.25, 0.3) is 0 Å². The second-order valence-corrected chi connectivity index (χ2v) is 5.06. The molecule has 0 aliphatic rings. The molecule has 0 saturated carbocycles. The van der Waals surface area contributed by atoms with Gasteiger partial charge in [0.2, 0.25) is 0 Å². The highest BCUT2D eigenvalue weighted by Gasteiger charge is 2.18. The van der Waals surface area contributed by atoms with Crippen molar-refractivity contribution in [1.29, 1.82) is 0 Å². The summed E-state index contributed by atoms with van der Waals surface area (Å²) >= 11 is 0. The van der Waals surface area contributed by atoms with Crippen LogP contribution >= 0.6 is 0 Å². The van der Waals surface area contributed by atoms with Crippen LogP contribution in [0.3, 0.4) is 0 Å². The van der Waals surface area contributed by atoms with Gasteiger partial charge in [-0.15, -0.1) is 0 Å². The van der Waals surface area contributed by atoms with Crippen LogP contribution in [0.2, 0.25) is 0 Å². The minimum absolute atomic E-state index is 0.195. The summed E-state index contributed by atoms with van der Waals surface area (Å²) in [4.78, 5) is 4.41. The first kappa shape index (κ1) is 14.5. The molecular formula is C17H22N2O. The summed E-state index contributed by atoms with van der Waals surface area (Å²) in [5, 5.41) is 3.38. The number of ether oxygens (including phenoxy) is 1. The van der Waals surface area contributed by atoms with Crippen molar-refractivity contribution < 1.29 is 4.74 Å². The molecule has 3 nitrogen and oxygen atoms in total. The minimum Gasteiger partial charge on any atom is -0.496 e. The van der Waals surface area contributed by atoms with Crippen molar-refractivity contribution in [2.24, 2.45) is 0 Å². The molecule has 0 amide bonds. The van der Waals surface area contributed by atoms with Crippen LogP contribution in [0.4, 0.5) is 0 Å². The van der Waals surface area contributed by atoms with Crippen LogP contribution in [-0.2, 0) is 6.42 Å². The van der Waals surface area contributed by atoms with E-state index in [9.17, 15) is 0 Å². The lowest BCUT2D eigenvalue weighted by Crippen LogP contribution is -2.21. The van der Waals surface area contributed by atoms with Gasteiger partial charge < -0.3 is 10.1 Å².